The fourth-order valence-corrected chi connectivity index (χ4v) is 3.33. The Morgan fingerprint density at radius 2 is 1.92 bits per heavy atom. The highest BCUT2D eigenvalue weighted by Gasteiger charge is 2.12. The average molecular weight is 353 g/mol. The predicted molar refractivity (Wildman–Crippen MR) is 94.3 cm³/mol. The molecule has 0 spiro atoms. The van der Waals surface area contributed by atoms with Crippen LogP contribution in [0.5, 0.6) is 5.75 Å². The molecular weight excluding hydrogens is 341 g/mol. The lowest BCUT2D eigenvalue weighted by atomic mass is 10.2. The van der Waals surface area contributed by atoms with Gasteiger partial charge in [0.25, 0.3) is 5.56 Å². The molecule has 0 saturated carbocycles. The van der Waals surface area contributed by atoms with Gasteiger partial charge in [-0.15, -0.1) is 5.10 Å². The van der Waals surface area contributed by atoms with Gasteiger partial charge in [0.2, 0.25) is 4.96 Å². The lowest BCUT2D eigenvalue weighted by molar-refractivity contribution is 0.415. The molecule has 0 atom stereocenters. The summed E-state index contributed by atoms with van der Waals surface area (Å²) in [5, 5.41) is 4.27. The smallest absolute Gasteiger partial charge is 0.291 e. The number of fused-ring (bicyclic) bond motifs is 1. The minimum atomic E-state index is -0.375. The highest BCUT2D eigenvalue weighted by atomic mass is 32.1. The molecule has 25 heavy (non-hydrogen) atoms. The first-order valence-electron chi connectivity index (χ1n) is 7.46. The highest BCUT2D eigenvalue weighted by molar-refractivity contribution is 7.15. The third-order valence-electron chi connectivity index (χ3n) is 3.72. The molecule has 124 valence electrons. The van der Waals surface area contributed by atoms with Gasteiger partial charge in [-0.25, -0.2) is 4.39 Å². The Kier molecular flexibility index (Phi) is 3.77. The van der Waals surface area contributed by atoms with Gasteiger partial charge in [0.1, 0.15) is 11.6 Å². The summed E-state index contributed by atoms with van der Waals surface area (Å²) in [4.78, 5) is 17.4. The first-order chi connectivity index (χ1) is 12.2. The van der Waals surface area contributed by atoms with E-state index in [9.17, 15) is 9.18 Å². The van der Waals surface area contributed by atoms with Crippen molar-refractivity contribution < 1.29 is 9.13 Å². The van der Waals surface area contributed by atoms with Gasteiger partial charge in [0, 0.05) is 11.1 Å². The first kappa shape index (κ1) is 15.5. The number of hydrogen-bond acceptors (Lipinski definition) is 5. The molecule has 4 rings (SSSR count). The van der Waals surface area contributed by atoms with Crippen molar-refractivity contribution in [2.45, 2.75) is 0 Å². The van der Waals surface area contributed by atoms with Crippen LogP contribution in [0, 0.1) is 5.82 Å². The van der Waals surface area contributed by atoms with Crippen LogP contribution in [-0.4, -0.2) is 21.7 Å². The highest BCUT2D eigenvalue weighted by Crippen LogP contribution is 2.20. The Morgan fingerprint density at radius 1 is 1.16 bits per heavy atom. The number of hydrogen-bond donors (Lipinski definition) is 0. The van der Waals surface area contributed by atoms with Crippen LogP contribution in [0.25, 0.3) is 22.4 Å². The Labute approximate surface area is 145 Å². The number of ether oxygens (including phenoxy) is 1. The Bertz CT molecular complexity index is 1170. The maximum Gasteiger partial charge on any atom is 0.291 e. The topological polar surface area (TPSA) is 56.5 Å². The van der Waals surface area contributed by atoms with Crippen LogP contribution in [-0.2, 0) is 0 Å². The average Bonchev–Trinajstić information content (AvgIpc) is 3.17. The number of rotatable bonds is 3. The molecule has 0 aliphatic carbocycles. The molecular formula is C18H12FN3O2S. The van der Waals surface area contributed by atoms with Crippen LogP contribution >= 0.6 is 11.3 Å². The van der Waals surface area contributed by atoms with E-state index in [4.69, 9.17) is 4.74 Å². The summed E-state index contributed by atoms with van der Waals surface area (Å²) < 4.78 is 20.5. The van der Waals surface area contributed by atoms with Crippen molar-refractivity contribution >= 4 is 22.4 Å². The van der Waals surface area contributed by atoms with E-state index in [0.29, 0.717) is 20.9 Å². The van der Waals surface area contributed by atoms with E-state index in [1.807, 2.05) is 12.1 Å². The number of thiazole rings is 1. The number of aromatic nitrogens is 3. The zero-order valence-corrected chi connectivity index (χ0v) is 14.0. The Balaban J connectivity index is 1.79. The van der Waals surface area contributed by atoms with Crippen molar-refractivity contribution in [1.29, 1.82) is 0 Å². The molecule has 4 aromatic rings. The van der Waals surface area contributed by atoms with E-state index >= 15 is 0 Å². The maximum absolute atomic E-state index is 13.8. The van der Waals surface area contributed by atoms with Gasteiger partial charge in [-0.2, -0.15) is 9.50 Å². The summed E-state index contributed by atoms with van der Waals surface area (Å²) in [6.45, 7) is 0. The molecule has 0 aliphatic rings. The minimum Gasteiger partial charge on any atom is -0.497 e. The van der Waals surface area contributed by atoms with Crippen molar-refractivity contribution in [3.05, 3.63) is 74.8 Å². The number of methoxy groups -OCH3 is 1. The second kappa shape index (κ2) is 6.10. The number of nitrogens with zero attached hydrogens (tertiary/aromatic N) is 3. The molecule has 0 fully saturated rings. The Morgan fingerprint density at radius 3 is 2.60 bits per heavy atom. The summed E-state index contributed by atoms with van der Waals surface area (Å²) >= 11 is 1.18. The van der Waals surface area contributed by atoms with Gasteiger partial charge in [-0.1, -0.05) is 29.5 Å². The normalized spacial score (nSPS) is 12.0. The van der Waals surface area contributed by atoms with Gasteiger partial charge in [-0.05, 0) is 36.4 Å². The third-order valence-corrected chi connectivity index (χ3v) is 4.68. The van der Waals surface area contributed by atoms with Crippen LogP contribution < -0.4 is 14.8 Å². The van der Waals surface area contributed by atoms with Crippen LogP contribution in [0.4, 0.5) is 4.39 Å². The predicted octanol–water partition coefficient (Wildman–Crippen LogP) is 2.51. The zero-order chi connectivity index (χ0) is 17.4. The molecule has 0 N–H and O–H groups in total. The zero-order valence-electron chi connectivity index (χ0n) is 13.1. The van der Waals surface area contributed by atoms with Crippen molar-refractivity contribution in [3.63, 3.8) is 0 Å². The van der Waals surface area contributed by atoms with E-state index in [2.05, 4.69) is 10.1 Å². The third kappa shape index (κ3) is 2.78. The minimum absolute atomic E-state index is 0.310. The lowest BCUT2D eigenvalue weighted by Crippen LogP contribution is -2.23. The molecule has 0 aliphatic heterocycles. The van der Waals surface area contributed by atoms with Crippen LogP contribution in [0.2, 0.25) is 0 Å². The molecule has 2 aromatic heterocycles. The summed E-state index contributed by atoms with van der Waals surface area (Å²) in [6.07, 6.45) is 1.52. The largest absolute Gasteiger partial charge is 0.497 e. The summed E-state index contributed by atoms with van der Waals surface area (Å²) in [7, 11) is 1.59. The Hall–Kier alpha value is -3.06. The molecule has 0 saturated heterocycles. The molecule has 0 amide bonds. The second-order valence-electron chi connectivity index (χ2n) is 5.30. The summed E-state index contributed by atoms with van der Waals surface area (Å²) in [6, 6.07) is 13.6. The van der Waals surface area contributed by atoms with Gasteiger partial charge >= 0.3 is 0 Å². The molecule has 5 nitrogen and oxygen atoms in total. The van der Waals surface area contributed by atoms with E-state index in [0.717, 1.165) is 11.3 Å². The standard InChI is InChI=1S/C18H12FN3O2S/c1-24-13-8-6-11(7-9-13)16-20-18-22(21-16)17(23)15(25-18)10-12-4-2-3-5-14(12)19/h2-10H,1H3. The van der Waals surface area contributed by atoms with E-state index in [1.165, 1.54) is 28.0 Å². The van der Waals surface area contributed by atoms with Gasteiger partial charge in [0.15, 0.2) is 5.82 Å². The van der Waals surface area contributed by atoms with Crippen LogP contribution in [0.15, 0.2) is 53.3 Å². The van der Waals surface area contributed by atoms with Gasteiger partial charge in [-0.3, -0.25) is 4.79 Å². The van der Waals surface area contributed by atoms with Crippen molar-refractivity contribution in [1.82, 2.24) is 14.6 Å². The van der Waals surface area contributed by atoms with E-state index in [-0.39, 0.29) is 11.4 Å². The second-order valence-corrected chi connectivity index (χ2v) is 6.30. The monoisotopic (exact) mass is 353 g/mol. The number of benzene rings is 2. The first-order valence-corrected chi connectivity index (χ1v) is 8.27. The molecule has 2 heterocycles. The number of halogens is 1. The van der Waals surface area contributed by atoms with Crippen LogP contribution in [0.1, 0.15) is 5.56 Å². The molecule has 0 bridgehead atoms. The van der Waals surface area contributed by atoms with Crippen LogP contribution in [0.3, 0.4) is 0 Å². The van der Waals surface area contributed by atoms with Crippen molar-refractivity contribution in [3.8, 4) is 17.1 Å². The van der Waals surface area contributed by atoms with Crippen molar-refractivity contribution in [2.75, 3.05) is 7.11 Å². The molecule has 0 unspecified atom stereocenters. The molecule has 0 radical (unpaired) electrons. The van der Waals surface area contributed by atoms with E-state index in [1.54, 1.807) is 37.4 Å². The quantitative estimate of drug-likeness (QED) is 0.568. The summed E-state index contributed by atoms with van der Waals surface area (Å²) in [5.74, 6) is 0.819. The fraction of sp³-hybridized carbons (Fsp3) is 0.0556. The summed E-state index contributed by atoms with van der Waals surface area (Å²) in [5.41, 5.74) is 0.839. The van der Waals surface area contributed by atoms with Gasteiger partial charge in [0.05, 0.1) is 11.6 Å². The fourth-order valence-electron chi connectivity index (χ4n) is 2.43. The van der Waals surface area contributed by atoms with E-state index < -0.39 is 0 Å². The lowest BCUT2D eigenvalue weighted by Gasteiger charge is -1.99. The molecule has 2 aromatic carbocycles. The molecule has 7 heteroatoms. The van der Waals surface area contributed by atoms with Gasteiger partial charge < -0.3 is 4.74 Å². The SMILES string of the molecule is COc1ccc(-c2nc3sc(=Cc4ccccc4F)c(=O)n3n2)cc1. The maximum atomic E-state index is 13.8. The van der Waals surface area contributed by atoms with Crippen molar-refractivity contribution in [2.24, 2.45) is 0 Å².